The van der Waals surface area contributed by atoms with Crippen LogP contribution in [0.3, 0.4) is 0 Å². The Morgan fingerprint density at radius 1 is 1.00 bits per heavy atom. The van der Waals surface area contributed by atoms with E-state index in [-0.39, 0.29) is 35.9 Å². The number of aryl methyl sites for hydroxylation is 2. The molecule has 0 radical (unpaired) electrons. The van der Waals surface area contributed by atoms with Gasteiger partial charge in [0.2, 0.25) is 0 Å². The van der Waals surface area contributed by atoms with Crippen molar-refractivity contribution < 1.29 is 23.9 Å². The molecule has 2 aliphatic heterocycles. The highest BCUT2D eigenvalue weighted by Gasteiger charge is 2.36. The molecule has 58 heavy (non-hydrogen) atoms. The number of benzene rings is 1. The molecule has 0 unspecified atom stereocenters. The van der Waals surface area contributed by atoms with Gasteiger partial charge < -0.3 is 34.1 Å². The van der Waals surface area contributed by atoms with Crippen LogP contribution in [0.25, 0.3) is 33.6 Å². The Bertz CT molecular complexity index is 2390. The van der Waals surface area contributed by atoms with Crippen LogP contribution < -0.4 is 15.4 Å². The summed E-state index contributed by atoms with van der Waals surface area (Å²) in [6.45, 7) is 11.3. The number of methoxy groups -OCH3 is 1. The number of carbonyl (C=O) groups is 3. The van der Waals surface area contributed by atoms with Crippen LogP contribution in [0.15, 0.2) is 42.5 Å². The summed E-state index contributed by atoms with van der Waals surface area (Å²) < 4.78 is 16.2. The average molecular weight is 809 g/mol. The lowest BCUT2D eigenvalue weighted by Gasteiger charge is -2.39. The maximum Gasteiger partial charge on any atom is 0.407 e. The van der Waals surface area contributed by atoms with Gasteiger partial charge in [-0.25, -0.2) is 19.7 Å². The van der Waals surface area contributed by atoms with Gasteiger partial charge in [-0.1, -0.05) is 31.4 Å². The molecule has 1 saturated heterocycles. The summed E-state index contributed by atoms with van der Waals surface area (Å²) >= 11 is 6.27. The number of nitrogens with zero attached hydrogens (tertiary/aromatic N) is 6. The Morgan fingerprint density at radius 2 is 1.81 bits per heavy atom. The molecular formula is C44H53ClN8O5. The van der Waals surface area contributed by atoms with E-state index in [4.69, 9.17) is 31.0 Å². The van der Waals surface area contributed by atoms with E-state index in [1.807, 2.05) is 50.8 Å². The van der Waals surface area contributed by atoms with Crippen LogP contribution in [-0.4, -0.2) is 78.7 Å². The molecule has 14 heteroatoms. The molecule has 2 fully saturated rings. The summed E-state index contributed by atoms with van der Waals surface area (Å²) in [6, 6.07) is 13.0. The second kappa shape index (κ2) is 15.9. The zero-order valence-corrected chi connectivity index (χ0v) is 35.0. The first-order chi connectivity index (χ1) is 27.8. The molecule has 1 saturated carbocycles. The van der Waals surface area contributed by atoms with E-state index >= 15 is 0 Å². The van der Waals surface area contributed by atoms with Crippen molar-refractivity contribution in [3.05, 3.63) is 70.1 Å². The highest BCUT2D eigenvalue weighted by molar-refractivity contribution is 6.29. The van der Waals surface area contributed by atoms with Gasteiger partial charge in [0, 0.05) is 36.6 Å². The summed E-state index contributed by atoms with van der Waals surface area (Å²) in [7, 11) is 1.64. The van der Waals surface area contributed by atoms with Crippen LogP contribution in [0.4, 0.5) is 4.79 Å². The van der Waals surface area contributed by atoms with E-state index in [2.05, 4.69) is 43.8 Å². The fraction of sp³-hybridized carbons (Fsp3) is 0.500. The van der Waals surface area contributed by atoms with Gasteiger partial charge in [-0.2, -0.15) is 0 Å². The maximum absolute atomic E-state index is 14.3. The number of hydrogen-bond acceptors (Lipinski definition) is 8. The third-order valence-corrected chi connectivity index (χ3v) is 11.9. The van der Waals surface area contributed by atoms with Gasteiger partial charge in [0.25, 0.3) is 11.8 Å². The summed E-state index contributed by atoms with van der Waals surface area (Å²) in [6.07, 6.45) is 6.49. The van der Waals surface area contributed by atoms with Gasteiger partial charge in [-0.05, 0) is 115 Å². The number of imidazole rings is 1. The number of rotatable bonds is 6. The van der Waals surface area contributed by atoms with E-state index < -0.39 is 11.7 Å². The van der Waals surface area contributed by atoms with Crippen molar-refractivity contribution in [2.24, 2.45) is 5.92 Å². The molecule has 3 amide bonds. The first-order valence-corrected chi connectivity index (χ1v) is 21.0. The number of carbonyl (C=O) groups excluding carboxylic acids is 3. The normalized spacial score (nSPS) is 20.4. The minimum absolute atomic E-state index is 0.131. The second-order valence-electron chi connectivity index (χ2n) is 17.0. The number of aromatic nitrogens is 5. The van der Waals surface area contributed by atoms with Crippen LogP contribution in [0, 0.1) is 5.92 Å². The summed E-state index contributed by atoms with van der Waals surface area (Å²) in [4.78, 5) is 57.4. The van der Waals surface area contributed by atoms with Crippen molar-refractivity contribution in [2.75, 3.05) is 20.2 Å². The molecule has 1 aliphatic carbocycles. The minimum Gasteiger partial charge on any atom is -0.494 e. The Kier molecular flexibility index (Phi) is 10.9. The van der Waals surface area contributed by atoms with Crippen molar-refractivity contribution in [3.63, 3.8) is 0 Å². The molecule has 8 rings (SSSR count). The van der Waals surface area contributed by atoms with Gasteiger partial charge in [-0.3, -0.25) is 9.59 Å². The van der Waals surface area contributed by atoms with Crippen molar-refractivity contribution >= 4 is 51.6 Å². The van der Waals surface area contributed by atoms with Crippen LogP contribution in [0.1, 0.15) is 124 Å². The highest BCUT2D eigenvalue weighted by Crippen LogP contribution is 2.45. The van der Waals surface area contributed by atoms with Gasteiger partial charge >= 0.3 is 6.09 Å². The molecule has 3 aliphatic rings. The fourth-order valence-electron chi connectivity index (χ4n) is 8.58. The predicted molar refractivity (Wildman–Crippen MR) is 223 cm³/mol. The summed E-state index contributed by atoms with van der Waals surface area (Å²) in [5.74, 6) is 1.30. The third-order valence-electron chi connectivity index (χ3n) is 11.7. The largest absolute Gasteiger partial charge is 0.494 e. The monoisotopic (exact) mass is 808 g/mol. The van der Waals surface area contributed by atoms with E-state index in [1.54, 1.807) is 19.2 Å². The number of nitrogens with one attached hydrogen (secondary N) is 2. The number of likely N-dealkylation sites (tertiary alicyclic amines) is 1. The van der Waals surface area contributed by atoms with Crippen LogP contribution in [0.2, 0.25) is 5.15 Å². The standard InChI is InChI=1S/C44H53ClN8O5/c1-7-26-18-20-51(24-34(26)50-43(56)58-44(3,4)5)42(55)28-21-33-38(36(23-28)57-6)53(29-13-14-29)40(49-33)35-22-27-12-16-31-25(2)46-41(54)30-15-17-37(45)47-32(30)11-9-8-10-19-52(35)39(27)48-31/h12,15-17,21-23,25-26,29,34H,7-11,13-14,18-20,24H2,1-6H3,(H,46,54)(H,50,56)/t25-,26-,34+/m1/s1. The molecular weight excluding hydrogens is 756 g/mol. The maximum atomic E-state index is 14.3. The molecule has 2 bridgehead atoms. The van der Waals surface area contributed by atoms with Gasteiger partial charge in [-0.15, -0.1) is 0 Å². The van der Waals surface area contributed by atoms with Crippen molar-refractivity contribution in [1.29, 1.82) is 0 Å². The number of pyridine rings is 2. The zero-order valence-electron chi connectivity index (χ0n) is 34.2. The number of halogens is 1. The van der Waals surface area contributed by atoms with E-state index in [0.29, 0.717) is 59.3 Å². The first kappa shape index (κ1) is 39.6. The zero-order chi connectivity index (χ0) is 40.9. The Morgan fingerprint density at radius 3 is 2.55 bits per heavy atom. The van der Waals surface area contributed by atoms with Gasteiger partial charge in [0.15, 0.2) is 5.82 Å². The lowest BCUT2D eigenvalue weighted by atomic mass is 9.89. The number of hydrogen-bond donors (Lipinski definition) is 2. The SMILES string of the molecule is CC[C@@H]1CCN(C(=O)c2cc(OC)c3c(c2)nc(-c2cc4ccc5nc4n2CCCCCc2nc(Cl)ccc2C(=O)N[C@@H]5C)n3C2CC2)C[C@@H]1NC(=O)OC(C)(C)C. The van der Waals surface area contributed by atoms with Crippen LogP contribution in [-0.2, 0) is 17.7 Å². The molecule has 306 valence electrons. The topological polar surface area (TPSA) is 146 Å². The molecule has 1 aromatic carbocycles. The van der Waals surface area contributed by atoms with E-state index in [1.165, 1.54) is 0 Å². The highest BCUT2D eigenvalue weighted by atomic mass is 35.5. The molecule has 3 atom stereocenters. The minimum atomic E-state index is -0.622. The first-order valence-electron chi connectivity index (χ1n) is 20.7. The fourth-order valence-corrected chi connectivity index (χ4v) is 8.74. The number of piperidine rings is 1. The second-order valence-corrected chi connectivity index (χ2v) is 17.4. The van der Waals surface area contributed by atoms with Crippen molar-refractivity contribution in [2.45, 2.75) is 116 Å². The number of alkyl carbamates (subject to hydrolysis) is 1. The number of ether oxygens (including phenoxy) is 2. The quantitative estimate of drug-likeness (QED) is 0.163. The molecule has 13 nitrogen and oxygen atoms in total. The smallest absolute Gasteiger partial charge is 0.407 e. The number of amides is 3. The molecule has 6 heterocycles. The molecule has 0 spiro atoms. The number of fused-ring (bicyclic) bond motifs is 3. The molecule has 2 N–H and O–H groups in total. The summed E-state index contributed by atoms with van der Waals surface area (Å²) in [5, 5.41) is 7.54. The molecule has 4 aromatic heterocycles. The Labute approximate surface area is 343 Å². The van der Waals surface area contributed by atoms with E-state index in [9.17, 15) is 14.4 Å². The Balaban J connectivity index is 1.15. The van der Waals surface area contributed by atoms with Gasteiger partial charge in [0.05, 0.1) is 47.4 Å². The lowest BCUT2D eigenvalue weighted by Crippen LogP contribution is -2.54. The van der Waals surface area contributed by atoms with Crippen LogP contribution in [0.5, 0.6) is 5.75 Å². The summed E-state index contributed by atoms with van der Waals surface area (Å²) in [5.41, 5.74) is 5.18. The molecule has 5 aromatic rings. The van der Waals surface area contributed by atoms with Crippen molar-refractivity contribution in [3.8, 4) is 17.3 Å². The van der Waals surface area contributed by atoms with E-state index in [0.717, 1.165) is 78.7 Å². The average Bonchev–Trinajstić information content (AvgIpc) is 3.86. The Hall–Kier alpha value is -5.17. The third kappa shape index (κ3) is 7.97. The predicted octanol–water partition coefficient (Wildman–Crippen LogP) is 8.43. The van der Waals surface area contributed by atoms with Gasteiger partial charge in [0.1, 0.15) is 27.7 Å². The van der Waals surface area contributed by atoms with Crippen molar-refractivity contribution in [1.82, 2.24) is 39.6 Å². The van der Waals surface area contributed by atoms with Crippen LogP contribution >= 0.6 is 11.6 Å². The lowest BCUT2D eigenvalue weighted by molar-refractivity contribution is 0.0399.